The van der Waals surface area contributed by atoms with Crippen molar-refractivity contribution in [2.24, 2.45) is 0 Å². The number of aryl methyl sites for hydroxylation is 1. The second-order valence-corrected chi connectivity index (χ2v) is 5.98. The van der Waals surface area contributed by atoms with Gasteiger partial charge in [-0.3, -0.25) is 25.0 Å². The first-order valence-corrected chi connectivity index (χ1v) is 8.12. The number of hydrogen-bond donors (Lipinski definition) is 1. The van der Waals surface area contributed by atoms with Crippen molar-refractivity contribution < 1.29 is 24.0 Å². The highest BCUT2D eigenvalue weighted by Gasteiger charge is 2.37. The number of imide groups is 2. The van der Waals surface area contributed by atoms with Crippen LogP contribution < -0.4 is 15.0 Å². The topological polar surface area (TPSA) is 119 Å². The van der Waals surface area contributed by atoms with Gasteiger partial charge in [0, 0.05) is 17.7 Å². The van der Waals surface area contributed by atoms with Crippen molar-refractivity contribution in [3.05, 3.63) is 69.3 Å². The van der Waals surface area contributed by atoms with E-state index in [1.165, 1.54) is 25.3 Å². The number of nitro benzene ring substituents is 1. The van der Waals surface area contributed by atoms with E-state index < -0.39 is 22.8 Å². The van der Waals surface area contributed by atoms with Gasteiger partial charge in [0.2, 0.25) is 0 Å². The number of non-ortho nitro benzene ring substituents is 1. The summed E-state index contributed by atoms with van der Waals surface area (Å²) in [5.74, 6) is -1.50. The molecule has 1 aliphatic rings. The summed E-state index contributed by atoms with van der Waals surface area (Å²) >= 11 is 0. The second kappa shape index (κ2) is 7.31. The molecule has 9 nitrogen and oxygen atoms in total. The van der Waals surface area contributed by atoms with Crippen molar-refractivity contribution in [1.82, 2.24) is 5.32 Å². The third-order valence-electron chi connectivity index (χ3n) is 4.12. The summed E-state index contributed by atoms with van der Waals surface area (Å²) in [5.41, 5.74) is 0.800. The minimum Gasteiger partial charge on any atom is -0.496 e. The number of methoxy groups -OCH3 is 1. The van der Waals surface area contributed by atoms with Crippen LogP contribution in [0.2, 0.25) is 0 Å². The standard InChI is InChI=1S/C19H15N3O6/c1-11-3-5-13(6-4-11)21-18(24)15(17(23)20-19(21)25)10-12-9-14(22(26)27)7-8-16(12)28-2/h3-10H,1-2H3,(H,20,23,25)/b15-10+. The van der Waals surface area contributed by atoms with Gasteiger partial charge in [0.25, 0.3) is 17.5 Å². The van der Waals surface area contributed by atoms with Crippen LogP contribution in [-0.2, 0) is 9.59 Å². The number of nitrogens with zero attached hydrogens (tertiary/aromatic N) is 2. The molecule has 0 unspecified atom stereocenters. The van der Waals surface area contributed by atoms with Gasteiger partial charge < -0.3 is 4.74 Å². The van der Waals surface area contributed by atoms with Gasteiger partial charge in [0.05, 0.1) is 17.7 Å². The summed E-state index contributed by atoms with van der Waals surface area (Å²) < 4.78 is 5.15. The molecular weight excluding hydrogens is 366 g/mol. The van der Waals surface area contributed by atoms with Crippen LogP contribution in [0.15, 0.2) is 48.0 Å². The zero-order chi connectivity index (χ0) is 20.4. The fourth-order valence-corrected chi connectivity index (χ4v) is 2.69. The number of rotatable bonds is 4. The predicted octanol–water partition coefficient (Wildman–Crippen LogP) is 2.58. The van der Waals surface area contributed by atoms with Crippen LogP contribution in [0.3, 0.4) is 0 Å². The first-order valence-electron chi connectivity index (χ1n) is 8.12. The lowest BCUT2D eigenvalue weighted by molar-refractivity contribution is -0.384. The Hall–Kier alpha value is -4.01. The molecule has 1 N–H and O–H groups in total. The number of barbiturate groups is 1. The van der Waals surface area contributed by atoms with E-state index in [2.05, 4.69) is 5.32 Å². The van der Waals surface area contributed by atoms with Crippen molar-refractivity contribution in [2.75, 3.05) is 12.0 Å². The van der Waals surface area contributed by atoms with E-state index in [1.807, 2.05) is 6.92 Å². The van der Waals surface area contributed by atoms with Crippen molar-refractivity contribution in [2.45, 2.75) is 6.92 Å². The van der Waals surface area contributed by atoms with E-state index >= 15 is 0 Å². The van der Waals surface area contributed by atoms with E-state index in [-0.39, 0.29) is 28.3 Å². The number of anilines is 1. The minimum absolute atomic E-state index is 0.161. The largest absolute Gasteiger partial charge is 0.496 e. The first kappa shape index (κ1) is 18.8. The summed E-state index contributed by atoms with van der Waals surface area (Å²) in [6.07, 6.45) is 1.16. The van der Waals surface area contributed by atoms with E-state index in [0.29, 0.717) is 0 Å². The zero-order valence-electron chi connectivity index (χ0n) is 15.0. The average molecular weight is 381 g/mol. The molecule has 0 bridgehead atoms. The summed E-state index contributed by atoms with van der Waals surface area (Å²) in [7, 11) is 1.36. The zero-order valence-corrected chi connectivity index (χ0v) is 15.0. The lowest BCUT2D eigenvalue weighted by Crippen LogP contribution is -2.54. The Kier molecular flexibility index (Phi) is 4.90. The van der Waals surface area contributed by atoms with Crippen LogP contribution in [0.5, 0.6) is 5.75 Å². The lowest BCUT2D eigenvalue weighted by Gasteiger charge is -2.26. The minimum atomic E-state index is -0.896. The Morgan fingerprint density at radius 3 is 2.39 bits per heavy atom. The highest BCUT2D eigenvalue weighted by Crippen LogP contribution is 2.28. The Morgan fingerprint density at radius 2 is 1.79 bits per heavy atom. The summed E-state index contributed by atoms with van der Waals surface area (Å²) in [5, 5.41) is 13.1. The van der Waals surface area contributed by atoms with Gasteiger partial charge in [-0.15, -0.1) is 0 Å². The second-order valence-electron chi connectivity index (χ2n) is 5.98. The van der Waals surface area contributed by atoms with E-state index in [9.17, 15) is 24.5 Å². The number of ether oxygens (including phenoxy) is 1. The molecule has 9 heteroatoms. The molecule has 4 amide bonds. The van der Waals surface area contributed by atoms with Gasteiger partial charge in [0.1, 0.15) is 11.3 Å². The summed E-state index contributed by atoms with van der Waals surface area (Å²) in [6, 6.07) is 9.51. The van der Waals surface area contributed by atoms with E-state index in [0.717, 1.165) is 16.5 Å². The van der Waals surface area contributed by atoms with Crippen molar-refractivity contribution in [3.8, 4) is 5.75 Å². The Bertz CT molecular complexity index is 1030. The fourth-order valence-electron chi connectivity index (χ4n) is 2.69. The van der Waals surface area contributed by atoms with Crippen LogP contribution in [-0.4, -0.2) is 29.9 Å². The Morgan fingerprint density at radius 1 is 1.11 bits per heavy atom. The number of carbonyl (C=O) groups is 3. The molecule has 142 valence electrons. The molecule has 0 spiro atoms. The number of nitrogens with one attached hydrogen (secondary N) is 1. The van der Waals surface area contributed by atoms with Crippen LogP contribution >= 0.6 is 0 Å². The molecule has 0 aliphatic carbocycles. The van der Waals surface area contributed by atoms with Gasteiger partial charge in [-0.1, -0.05) is 17.7 Å². The highest BCUT2D eigenvalue weighted by atomic mass is 16.6. The SMILES string of the molecule is COc1ccc([N+](=O)[O-])cc1/C=C1\C(=O)NC(=O)N(c2ccc(C)cc2)C1=O. The molecule has 1 saturated heterocycles. The molecule has 2 aromatic rings. The van der Waals surface area contributed by atoms with Crippen molar-refractivity contribution in [1.29, 1.82) is 0 Å². The number of nitro groups is 1. The van der Waals surface area contributed by atoms with Crippen molar-refractivity contribution in [3.63, 3.8) is 0 Å². The molecule has 1 fully saturated rings. The number of benzene rings is 2. The molecule has 0 radical (unpaired) electrons. The maximum Gasteiger partial charge on any atom is 0.335 e. The molecule has 3 rings (SSSR count). The van der Waals surface area contributed by atoms with Crippen LogP contribution in [0.25, 0.3) is 6.08 Å². The summed E-state index contributed by atoms with van der Waals surface area (Å²) in [6.45, 7) is 1.85. The van der Waals surface area contributed by atoms with E-state index in [4.69, 9.17) is 4.74 Å². The van der Waals surface area contributed by atoms with Gasteiger partial charge in [-0.2, -0.15) is 0 Å². The Labute approximate surface area is 159 Å². The van der Waals surface area contributed by atoms with Crippen LogP contribution in [0, 0.1) is 17.0 Å². The number of hydrogen-bond acceptors (Lipinski definition) is 6. The van der Waals surface area contributed by atoms with Gasteiger partial charge in [-0.05, 0) is 31.2 Å². The van der Waals surface area contributed by atoms with Crippen LogP contribution in [0.4, 0.5) is 16.2 Å². The number of carbonyl (C=O) groups excluding carboxylic acids is 3. The number of urea groups is 1. The maximum atomic E-state index is 12.9. The average Bonchev–Trinajstić information content (AvgIpc) is 2.66. The smallest absolute Gasteiger partial charge is 0.335 e. The first-order chi connectivity index (χ1) is 13.3. The molecule has 0 aromatic heterocycles. The molecule has 0 saturated carbocycles. The van der Waals surface area contributed by atoms with E-state index in [1.54, 1.807) is 24.3 Å². The molecule has 2 aromatic carbocycles. The van der Waals surface area contributed by atoms with Gasteiger partial charge in [-0.25, -0.2) is 9.69 Å². The highest BCUT2D eigenvalue weighted by molar-refractivity contribution is 6.39. The third kappa shape index (κ3) is 3.45. The fraction of sp³-hybridized carbons (Fsp3) is 0.105. The van der Waals surface area contributed by atoms with Gasteiger partial charge >= 0.3 is 6.03 Å². The van der Waals surface area contributed by atoms with Crippen LogP contribution in [0.1, 0.15) is 11.1 Å². The normalized spacial score (nSPS) is 15.6. The molecule has 28 heavy (non-hydrogen) atoms. The monoisotopic (exact) mass is 381 g/mol. The Balaban J connectivity index is 2.08. The van der Waals surface area contributed by atoms with Gasteiger partial charge in [0.15, 0.2) is 0 Å². The summed E-state index contributed by atoms with van der Waals surface area (Å²) in [4.78, 5) is 48.6. The predicted molar refractivity (Wildman–Crippen MR) is 99.8 cm³/mol. The maximum absolute atomic E-state index is 12.9. The van der Waals surface area contributed by atoms with Crippen molar-refractivity contribution >= 4 is 35.3 Å². The lowest BCUT2D eigenvalue weighted by atomic mass is 10.1. The quantitative estimate of drug-likeness (QED) is 0.376. The molecule has 1 heterocycles. The molecule has 1 aliphatic heterocycles. The molecule has 0 atom stereocenters. The molecular formula is C19H15N3O6. The third-order valence-corrected chi connectivity index (χ3v) is 4.12. The number of amides is 4.